The van der Waals surface area contributed by atoms with Gasteiger partial charge in [-0.2, -0.15) is 0 Å². The molecule has 8 nitrogen and oxygen atoms in total. The Bertz CT molecular complexity index is 1110. The van der Waals surface area contributed by atoms with Crippen molar-refractivity contribution in [3.63, 3.8) is 0 Å². The lowest BCUT2D eigenvalue weighted by Crippen LogP contribution is -2.06. The van der Waals surface area contributed by atoms with Crippen LogP contribution in [0.2, 0.25) is 5.02 Å². The number of carbonyl (C=O) groups is 2. The molecule has 2 aromatic carbocycles. The number of carbonyl (C=O) groups excluding carboxylic acids is 2. The molecule has 0 saturated carbocycles. The van der Waals surface area contributed by atoms with E-state index >= 15 is 0 Å². The summed E-state index contributed by atoms with van der Waals surface area (Å²) in [6, 6.07) is 7.01. The number of nitrogens with zero attached hydrogens (tertiary/aromatic N) is 2. The third-order valence-corrected chi connectivity index (χ3v) is 5.07. The van der Waals surface area contributed by atoms with Gasteiger partial charge in [-0.3, -0.25) is 14.9 Å². The number of halogens is 3. The molecule has 0 radical (unpaired) electrons. The van der Waals surface area contributed by atoms with E-state index in [-0.39, 0.29) is 27.9 Å². The molecule has 0 bridgehead atoms. The zero-order chi connectivity index (χ0) is 21.3. The third-order valence-electron chi connectivity index (χ3n) is 3.58. The maximum atomic E-state index is 12.2. The lowest BCUT2D eigenvalue weighted by molar-refractivity contribution is -0.384. The van der Waals surface area contributed by atoms with E-state index in [4.69, 9.17) is 21.1 Å². The molecule has 0 aliphatic carbocycles. The summed E-state index contributed by atoms with van der Waals surface area (Å²) in [6.07, 6.45) is 1.47. The van der Waals surface area contributed by atoms with Crippen LogP contribution in [0.5, 0.6) is 5.75 Å². The second kappa shape index (κ2) is 8.44. The molecule has 0 amide bonds. The van der Waals surface area contributed by atoms with Gasteiger partial charge in [-0.25, -0.2) is 9.79 Å². The topological polar surface area (TPSA) is 108 Å². The molecular weight excluding hydrogens is 535 g/mol. The Morgan fingerprint density at radius 1 is 1.28 bits per heavy atom. The lowest BCUT2D eigenvalue weighted by Gasteiger charge is -2.08. The molecule has 0 N–H and O–H groups in total. The first-order chi connectivity index (χ1) is 13.7. The van der Waals surface area contributed by atoms with E-state index in [1.807, 2.05) is 0 Å². The van der Waals surface area contributed by atoms with Gasteiger partial charge in [-0.1, -0.05) is 11.6 Å². The van der Waals surface area contributed by atoms with Gasteiger partial charge in [0.25, 0.3) is 5.69 Å². The van der Waals surface area contributed by atoms with Crippen LogP contribution in [0.1, 0.15) is 18.1 Å². The average Bonchev–Trinajstić information content (AvgIpc) is 2.98. The van der Waals surface area contributed by atoms with E-state index in [2.05, 4.69) is 36.9 Å². The molecule has 29 heavy (non-hydrogen) atoms. The van der Waals surface area contributed by atoms with Crippen molar-refractivity contribution in [1.29, 1.82) is 0 Å². The number of aliphatic imine (C=N–C) groups is 1. The highest BCUT2D eigenvalue weighted by Gasteiger charge is 2.26. The van der Waals surface area contributed by atoms with Crippen molar-refractivity contribution in [2.45, 2.75) is 6.92 Å². The molecule has 0 spiro atoms. The zero-order valence-electron chi connectivity index (χ0n) is 14.4. The van der Waals surface area contributed by atoms with E-state index in [1.54, 1.807) is 12.1 Å². The van der Waals surface area contributed by atoms with Crippen LogP contribution >= 0.6 is 43.5 Å². The first-order valence-electron chi connectivity index (χ1n) is 7.80. The molecule has 0 unspecified atom stereocenters. The largest absolute Gasteiger partial charge is 0.424 e. The number of rotatable bonds is 4. The molecular formula is C18H9Br2ClN2O6. The van der Waals surface area contributed by atoms with E-state index < -0.39 is 16.9 Å². The van der Waals surface area contributed by atoms with Crippen LogP contribution in [0, 0.1) is 10.1 Å². The van der Waals surface area contributed by atoms with E-state index in [0.717, 1.165) is 6.07 Å². The highest BCUT2D eigenvalue weighted by Crippen LogP contribution is 2.36. The molecule has 0 atom stereocenters. The number of nitro benzene ring substituents is 1. The minimum Gasteiger partial charge on any atom is -0.424 e. The molecule has 2 aromatic rings. The standard InChI is InChI=1S/C18H9Br2ClN2O6/c1-8(24)28-16-12(19)4-9(5-13(16)20)6-15-18(25)29-17(22-15)11-3-2-10(23(26)27)7-14(11)21/h2-7H,1H3/b15-6-. The van der Waals surface area contributed by atoms with Gasteiger partial charge in [0.15, 0.2) is 11.4 Å². The minimum absolute atomic E-state index is 0.00783. The number of cyclic esters (lactones) is 1. The summed E-state index contributed by atoms with van der Waals surface area (Å²) >= 11 is 12.7. The predicted molar refractivity (Wildman–Crippen MR) is 112 cm³/mol. The molecule has 0 fully saturated rings. The number of nitro groups is 1. The fourth-order valence-electron chi connectivity index (χ4n) is 2.38. The average molecular weight is 545 g/mol. The molecule has 1 aliphatic rings. The molecule has 1 aliphatic heterocycles. The fraction of sp³-hybridized carbons (Fsp3) is 0.0556. The van der Waals surface area contributed by atoms with Crippen molar-refractivity contribution in [3.05, 3.63) is 71.2 Å². The van der Waals surface area contributed by atoms with Crippen molar-refractivity contribution in [2.24, 2.45) is 4.99 Å². The smallest absolute Gasteiger partial charge is 0.363 e. The molecule has 148 valence electrons. The predicted octanol–water partition coefficient (Wildman–Crippen LogP) is 5.04. The van der Waals surface area contributed by atoms with Crippen molar-refractivity contribution in [1.82, 2.24) is 0 Å². The van der Waals surface area contributed by atoms with Crippen LogP contribution in [0.3, 0.4) is 0 Å². The highest BCUT2D eigenvalue weighted by molar-refractivity contribution is 9.11. The van der Waals surface area contributed by atoms with Gasteiger partial charge >= 0.3 is 11.9 Å². The van der Waals surface area contributed by atoms with Gasteiger partial charge in [0.05, 0.1) is 24.5 Å². The Hall–Kier alpha value is -2.56. The van der Waals surface area contributed by atoms with E-state index in [0.29, 0.717) is 20.3 Å². The summed E-state index contributed by atoms with van der Waals surface area (Å²) in [4.78, 5) is 37.7. The first kappa shape index (κ1) is 21.2. The molecule has 11 heteroatoms. The summed E-state index contributed by atoms with van der Waals surface area (Å²) in [5.74, 6) is -0.942. The Kier molecular flexibility index (Phi) is 6.15. The van der Waals surface area contributed by atoms with Crippen molar-refractivity contribution < 1.29 is 24.0 Å². The maximum absolute atomic E-state index is 12.2. The number of ether oxygens (including phenoxy) is 2. The van der Waals surface area contributed by atoms with Crippen LogP contribution in [0.4, 0.5) is 5.69 Å². The second-order valence-electron chi connectivity index (χ2n) is 5.66. The highest BCUT2D eigenvalue weighted by atomic mass is 79.9. The van der Waals surface area contributed by atoms with Gasteiger partial charge in [-0.05, 0) is 61.7 Å². The Morgan fingerprint density at radius 3 is 2.48 bits per heavy atom. The minimum atomic E-state index is -0.703. The van der Waals surface area contributed by atoms with E-state index in [9.17, 15) is 19.7 Å². The van der Waals surface area contributed by atoms with Crippen molar-refractivity contribution in [3.8, 4) is 5.75 Å². The van der Waals surface area contributed by atoms with Gasteiger partial charge in [0.1, 0.15) is 0 Å². The molecule has 0 saturated heterocycles. The van der Waals surface area contributed by atoms with Crippen LogP contribution in [-0.2, 0) is 14.3 Å². The zero-order valence-corrected chi connectivity index (χ0v) is 18.4. The molecule has 1 heterocycles. The second-order valence-corrected chi connectivity index (χ2v) is 7.78. The third kappa shape index (κ3) is 4.72. The summed E-state index contributed by atoms with van der Waals surface area (Å²) in [5, 5.41) is 10.8. The number of hydrogen-bond acceptors (Lipinski definition) is 7. The van der Waals surface area contributed by atoms with Gasteiger partial charge in [0.2, 0.25) is 5.90 Å². The number of esters is 2. The van der Waals surface area contributed by atoms with Crippen LogP contribution in [-0.4, -0.2) is 22.8 Å². The molecule has 3 rings (SSSR count). The van der Waals surface area contributed by atoms with E-state index in [1.165, 1.54) is 25.1 Å². The number of hydrogen-bond donors (Lipinski definition) is 0. The SMILES string of the molecule is CC(=O)Oc1c(Br)cc(/C=C2\N=C(c3ccc([N+](=O)[O-])cc3Cl)OC2=O)cc1Br. The van der Waals surface area contributed by atoms with Crippen LogP contribution in [0.15, 0.2) is 50.0 Å². The van der Waals surface area contributed by atoms with Crippen molar-refractivity contribution in [2.75, 3.05) is 0 Å². The lowest BCUT2D eigenvalue weighted by atomic mass is 10.2. The quantitative estimate of drug-likeness (QED) is 0.175. The first-order valence-corrected chi connectivity index (χ1v) is 9.76. The number of benzene rings is 2. The van der Waals surface area contributed by atoms with Crippen LogP contribution < -0.4 is 4.74 Å². The Balaban J connectivity index is 1.95. The monoisotopic (exact) mass is 542 g/mol. The normalized spacial score (nSPS) is 14.6. The number of non-ortho nitro benzene ring substituents is 1. The summed E-state index contributed by atoms with van der Waals surface area (Å²) in [7, 11) is 0. The van der Waals surface area contributed by atoms with Gasteiger partial charge < -0.3 is 9.47 Å². The van der Waals surface area contributed by atoms with Crippen molar-refractivity contribution >= 4 is 73.1 Å². The summed E-state index contributed by atoms with van der Waals surface area (Å²) in [5.41, 5.74) is 0.642. The Labute approximate surface area is 185 Å². The maximum Gasteiger partial charge on any atom is 0.363 e. The summed E-state index contributed by atoms with van der Waals surface area (Å²) < 4.78 is 11.2. The van der Waals surface area contributed by atoms with Crippen LogP contribution in [0.25, 0.3) is 6.08 Å². The Morgan fingerprint density at radius 2 is 1.93 bits per heavy atom. The molecule has 0 aromatic heterocycles. The van der Waals surface area contributed by atoms with Gasteiger partial charge in [-0.15, -0.1) is 0 Å². The summed E-state index contributed by atoms with van der Waals surface area (Å²) in [6.45, 7) is 1.28. The van der Waals surface area contributed by atoms with Gasteiger partial charge in [0, 0.05) is 19.1 Å². The fourth-order valence-corrected chi connectivity index (χ4v) is 4.02.